The van der Waals surface area contributed by atoms with Crippen molar-refractivity contribution in [2.45, 2.75) is 38.3 Å². The fraction of sp³-hybridized carbons (Fsp3) is 0.667. The van der Waals surface area contributed by atoms with E-state index in [0.29, 0.717) is 23.6 Å². The smallest absolute Gasteiger partial charge is 0.224 e. The molecule has 0 saturated carbocycles. The maximum atomic E-state index is 6.01. The topological polar surface area (TPSA) is 67.1 Å². The van der Waals surface area contributed by atoms with E-state index in [1.54, 1.807) is 0 Å². The van der Waals surface area contributed by atoms with Gasteiger partial charge in [-0.25, -0.2) is 4.98 Å². The lowest BCUT2D eigenvalue weighted by Gasteiger charge is -2.22. The van der Waals surface area contributed by atoms with Gasteiger partial charge in [-0.1, -0.05) is 0 Å². The molecule has 3 heterocycles. The van der Waals surface area contributed by atoms with Crippen molar-refractivity contribution in [3.05, 3.63) is 11.0 Å². The number of nitrogens with zero attached hydrogens (tertiary/aromatic N) is 3. The number of nitrogens with one attached hydrogen (secondary N) is 1. The van der Waals surface area contributed by atoms with Crippen LogP contribution in [0.15, 0.2) is 0 Å². The zero-order chi connectivity index (χ0) is 12.7. The van der Waals surface area contributed by atoms with Gasteiger partial charge in [0.05, 0.1) is 11.4 Å². The second kappa shape index (κ2) is 4.55. The quantitative estimate of drug-likeness (QED) is 0.798. The van der Waals surface area contributed by atoms with E-state index < -0.39 is 0 Å². The Morgan fingerprint density at radius 3 is 3.00 bits per heavy atom. The SMILES string of the molecule is Cc1nc(Cl)nc(NC2CCN3CCCC23)c1N. The molecule has 2 unspecified atom stereocenters. The molecule has 3 N–H and O–H groups in total. The van der Waals surface area contributed by atoms with Crippen LogP contribution in [0.4, 0.5) is 11.5 Å². The summed E-state index contributed by atoms with van der Waals surface area (Å²) in [6.07, 6.45) is 3.70. The number of rotatable bonds is 2. The molecule has 0 amide bonds. The van der Waals surface area contributed by atoms with E-state index in [1.165, 1.54) is 25.9 Å². The van der Waals surface area contributed by atoms with E-state index in [1.807, 2.05) is 6.92 Å². The third-order valence-corrected chi connectivity index (χ3v) is 4.21. The van der Waals surface area contributed by atoms with E-state index in [-0.39, 0.29) is 5.28 Å². The number of anilines is 2. The predicted molar refractivity (Wildman–Crippen MR) is 72.8 cm³/mol. The highest BCUT2D eigenvalue weighted by Gasteiger charge is 2.37. The molecule has 5 nitrogen and oxygen atoms in total. The molecule has 0 aromatic carbocycles. The third-order valence-electron chi connectivity index (χ3n) is 4.04. The minimum absolute atomic E-state index is 0.255. The first-order chi connectivity index (χ1) is 8.65. The van der Waals surface area contributed by atoms with E-state index in [2.05, 4.69) is 20.2 Å². The molecular formula is C12H18ClN5. The Balaban J connectivity index is 1.80. The summed E-state index contributed by atoms with van der Waals surface area (Å²) in [6.45, 7) is 4.24. The van der Waals surface area contributed by atoms with Crippen LogP contribution in [0, 0.1) is 6.92 Å². The van der Waals surface area contributed by atoms with Gasteiger partial charge >= 0.3 is 0 Å². The number of hydrogen-bond acceptors (Lipinski definition) is 5. The summed E-state index contributed by atoms with van der Waals surface area (Å²) < 4.78 is 0. The fourth-order valence-corrected chi connectivity index (χ4v) is 3.30. The Morgan fingerprint density at radius 2 is 2.17 bits per heavy atom. The summed E-state index contributed by atoms with van der Waals surface area (Å²) in [5, 5.41) is 3.72. The molecular weight excluding hydrogens is 250 g/mol. The molecule has 0 aliphatic carbocycles. The van der Waals surface area contributed by atoms with Crippen molar-refractivity contribution in [2.24, 2.45) is 0 Å². The minimum Gasteiger partial charge on any atom is -0.394 e. The second-order valence-electron chi connectivity index (χ2n) is 5.13. The number of halogens is 1. The summed E-state index contributed by atoms with van der Waals surface area (Å²) in [5.74, 6) is 0.686. The Labute approximate surface area is 112 Å². The number of fused-ring (bicyclic) bond motifs is 1. The monoisotopic (exact) mass is 267 g/mol. The van der Waals surface area contributed by atoms with Gasteiger partial charge in [0.15, 0.2) is 5.82 Å². The van der Waals surface area contributed by atoms with Crippen molar-refractivity contribution in [2.75, 3.05) is 24.1 Å². The van der Waals surface area contributed by atoms with Gasteiger partial charge in [-0.2, -0.15) is 4.98 Å². The molecule has 2 aliphatic heterocycles. The maximum absolute atomic E-state index is 6.01. The van der Waals surface area contributed by atoms with E-state index in [4.69, 9.17) is 17.3 Å². The van der Waals surface area contributed by atoms with Crippen LogP contribution in [0.5, 0.6) is 0 Å². The summed E-state index contributed by atoms with van der Waals surface area (Å²) in [4.78, 5) is 10.8. The first-order valence-corrected chi connectivity index (χ1v) is 6.83. The molecule has 1 aromatic heterocycles. The first-order valence-electron chi connectivity index (χ1n) is 6.45. The molecule has 0 spiro atoms. The predicted octanol–water partition coefficient (Wildman–Crippen LogP) is 1.67. The van der Waals surface area contributed by atoms with Gasteiger partial charge in [-0.3, -0.25) is 4.90 Å². The molecule has 18 heavy (non-hydrogen) atoms. The number of aromatic nitrogens is 2. The van der Waals surface area contributed by atoms with Crippen LogP contribution in [0.25, 0.3) is 0 Å². The van der Waals surface area contributed by atoms with Crippen molar-refractivity contribution >= 4 is 23.1 Å². The highest BCUT2D eigenvalue weighted by molar-refractivity contribution is 6.28. The van der Waals surface area contributed by atoms with Crippen molar-refractivity contribution in [3.8, 4) is 0 Å². The number of nitrogens with two attached hydrogens (primary N) is 1. The largest absolute Gasteiger partial charge is 0.394 e. The Kier molecular flexibility index (Phi) is 3.03. The zero-order valence-electron chi connectivity index (χ0n) is 10.5. The standard InChI is InChI=1S/C12H18ClN5/c1-7-10(14)11(17-12(13)15-7)16-8-4-6-18-5-2-3-9(8)18/h8-9H,2-6,14H2,1H3,(H,15,16,17). The molecule has 0 radical (unpaired) electrons. The molecule has 3 rings (SSSR count). The molecule has 1 aromatic rings. The van der Waals surface area contributed by atoms with Crippen LogP contribution in [0.2, 0.25) is 5.28 Å². The molecule has 6 heteroatoms. The van der Waals surface area contributed by atoms with Crippen LogP contribution in [0.1, 0.15) is 25.0 Å². The lowest BCUT2D eigenvalue weighted by Crippen LogP contribution is -2.34. The minimum atomic E-state index is 0.255. The van der Waals surface area contributed by atoms with Crippen LogP contribution < -0.4 is 11.1 Å². The number of hydrogen-bond donors (Lipinski definition) is 2. The van der Waals surface area contributed by atoms with Gasteiger partial charge in [0.1, 0.15) is 0 Å². The van der Waals surface area contributed by atoms with Crippen molar-refractivity contribution in [1.82, 2.24) is 14.9 Å². The van der Waals surface area contributed by atoms with Gasteiger partial charge in [-0.15, -0.1) is 0 Å². The van der Waals surface area contributed by atoms with E-state index in [9.17, 15) is 0 Å². The summed E-state index contributed by atoms with van der Waals surface area (Å²) in [6, 6.07) is 1.05. The average Bonchev–Trinajstić information content (AvgIpc) is 2.90. The molecule has 98 valence electrons. The fourth-order valence-electron chi connectivity index (χ4n) is 3.08. The van der Waals surface area contributed by atoms with Gasteiger partial charge in [0.2, 0.25) is 5.28 Å². The molecule has 2 aliphatic rings. The van der Waals surface area contributed by atoms with Gasteiger partial charge in [-0.05, 0) is 44.3 Å². The highest BCUT2D eigenvalue weighted by Crippen LogP contribution is 2.31. The summed E-state index contributed by atoms with van der Waals surface area (Å²) >= 11 is 5.89. The van der Waals surface area contributed by atoms with Crippen molar-refractivity contribution < 1.29 is 0 Å². The number of nitrogen functional groups attached to an aromatic ring is 1. The van der Waals surface area contributed by atoms with Gasteiger partial charge in [0.25, 0.3) is 0 Å². The highest BCUT2D eigenvalue weighted by atomic mass is 35.5. The maximum Gasteiger partial charge on any atom is 0.224 e. The van der Waals surface area contributed by atoms with Gasteiger partial charge < -0.3 is 11.1 Å². The van der Waals surface area contributed by atoms with E-state index in [0.717, 1.165) is 12.1 Å². The van der Waals surface area contributed by atoms with Crippen LogP contribution in [0.3, 0.4) is 0 Å². The van der Waals surface area contributed by atoms with Crippen molar-refractivity contribution in [1.29, 1.82) is 0 Å². The zero-order valence-corrected chi connectivity index (χ0v) is 11.2. The molecule has 2 fully saturated rings. The Hall–Kier alpha value is -1.07. The van der Waals surface area contributed by atoms with Crippen molar-refractivity contribution in [3.63, 3.8) is 0 Å². The normalized spacial score (nSPS) is 27.4. The second-order valence-corrected chi connectivity index (χ2v) is 5.46. The Morgan fingerprint density at radius 1 is 1.33 bits per heavy atom. The molecule has 2 saturated heterocycles. The van der Waals surface area contributed by atoms with Gasteiger partial charge in [0, 0.05) is 18.6 Å². The summed E-state index contributed by atoms with van der Waals surface area (Å²) in [7, 11) is 0. The lowest BCUT2D eigenvalue weighted by atomic mass is 10.1. The van der Waals surface area contributed by atoms with Crippen LogP contribution in [-0.4, -0.2) is 40.0 Å². The van der Waals surface area contributed by atoms with Crippen LogP contribution >= 0.6 is 11.6 Å². The first kappa shape index (κ1) is 12.0. The lowest BCUT2D eigenvalue weighted by molar-refractivity contribution is 0.318. The van der Waals surface area contributed by atoms with Crippen LogP contribution in [-0.2, 0) is 0 Å². The summed E-state index contributed by atoms with van der Waals surface area (Å²) in [5.41, 5.74) is 7.35. The average molecular weight is 268 g/mol. The Bertz CT molecular complexity index is 464. The number of aryl methyl sites for hydroxylation is 1. The molecule has 0 bridgehead atoms. The van der Waals surface area contributed by atoms with E-state index >= 15 is 0 Å². The molecule has 2 atom stereocenters. The third kappa shape index (κ3) is 2.01.